The van der Waals surface area contributed by atoms with Crippen LogP contribution >= 0.6 is 11.6 Å². The van der Waals surface area contributed by atoms with Crippen molar-refractivity contribution in [1.29, 1.82) is 0 Å². The molecule has 1 aliphatic heterocycles. The molecule has 0 radical (unpaired) electrons. The van der Waals surface area contributed by atoms with E-state index in [2.05, 4.69) is 12.2 Å². The van der Waals surface area contributed by atoms with E-state index in [1.54, 1.807) is 6.07 Å². The van der Waals surface area contributed by atoms with Gasteiger partial charge in [-0.2, -0.15) is 0 Å². The van der Waals surface area contributed by atoms with E-state index in [0.29, 0.717) is 11.6 Å². The standard InChI is InChI=1S/C13H16ClNO3/c1-13(5-2-6-18-13)8-15-11-4-3-9(12(16)17)7-10(11)14/h3-4,7,15H,2,5-6,8H2,1H3,(H,16,17). The SMILES string of the molecule is CC1(CNc2ccc(C(=O)O)cc2Cl)CCCO1. The van der Waals surface area contributed by atoms with Crippen LogP contribution in [0.1, 0.15) is 30.1 Å². The van der Waals surface area contributed by atoms with Crippen LogP contribution in [-0.2, 0) is 4.74 Å². The van der Waals surface area contributed by atoms with Gasteiger partial charge in [0.15, 0.2) is 0 Å². The van der Waals surface area contributed by atoms with Crippen molar-refractivity contribution in [3.8, 4) is 0 Å². The fraction of sp³-hybridized carbons (Fsp3) is 0.462. The zero-order valence-corrected chi connectivity index (χ0v) is 11.0. The molecule has 2 N–H and O–H groups in total. The number of hydrogen-bond donors (Lipinski definition) is 2. The highest BCUT2D eigenvalue weighted by atomic mass is 35.5. The van der Waals surface area contributed by atoms with E-state index in [9.17, 15) is 4.79 Å². The molecule has 4 nitrogen and oxygen atoms in total. The number of halogens is 1. The zero-order valence-electron chi connectivity index (χ0n) is 10.2. The van der Waals surface area contributed by atoms with Gasteiger partial charge in [-0.1, -0.05) is 11.6 Å². The Kier molecular flexibility index (Phi) is 3.78. The van der Waals surface area contributed by atoms with Crippen molar-refractivity contribution >= 4 is 23.3 Å². The first-order chi connectivity index (χ1) is 8.50. The number of hydrogen-bond acceptors (Lipinski definition) is 3. The third kappa shape index (κ3) is 2.94. The molecule has 1 atom stereocenters. The van der Waals surface area contributed by atoms with Crippen LogP contribution < -0.4 is 5.32 Å². The normalized spacial score (nSPS) is 23.0. The summed E-state index contributed by atoms with van der Waals surface area (Å²) in [5.74, 6) is -0.977. The van der Waals surface area contributed by atoms with Gasteiger partial charge in [0.05, 0.1) is 21.9 Å². The van der Waals surface area contributed by atoms with Gasteiger partial charge in [-0.15, -0.1) is 0 Å². The fourth-order valence-corrected chi connectivity index (χ4v) is 2.30. The van der Waals surface area contributed by atoms with Crippen molar-refractivity contribution in [2.24, 2.45) is 0 Å². The lowest BCUT2D eigenvalue weighted by atomic mass is 10.0. The molecule has 5 heteroatoms. The third-order valence-electron chi connectivity index (χ3n) is 3.17. The second-order valence-corrected chi connectivity index (χ2v) is 5.16. The van der Waals surface area contributed by atoms with E-state index in [4.69, 9.17) is 21.4 Å². The number of carbonyl (C=O) groups is 1. The van der Waals surface area contributed by atoms with Crippen LogP contribution in [0.2, 0.25) is 5.02 Å². The molecule has 1 aliphatic rings. The number of rotatable bonds is 4. The van der Waals surface area contributed by atoms with Crippen molar-refractivity contribution in [3.05, 3.63) is 28.8 Å². The summed E-state index contributed by atoms with van der Waals surface area (Å²) in [6.45, 7) is 3.52. The maximum atomic E-state index is 10.8. The number of aromatic carboxylic acids is 1. The van der Waals surface area contributed by atoms with Crippen LogP contribution in [0.15, 0.2) is 18.2 Å². The summed E-state index contributed by atoms with van der Waals surface area (Å²) in [6.07, 6.45) is 2.09. The first kappa shape index (κ1) is 13.2. The second kappa shape index (κ2) is 5.16. The Labute approximate surface area is 111 Å². The van der Waals surface area contributed by atoms with Crippen LogP contribution in [0.4, 0.5) is 5.69 Å². The van der Waals surface area contributed by atoms with Crippen molar-refractivity contribution in [2.75, 3.05) is 18.5 Å². The van der Waals surface area contributed by atoms with Gasteiger partial charge >= 0.3 is 5.97 Å². The first-order valence-corrected chi connectivity index (χ1v) is 6.29. The van der Waals surface area contributed by atoms with Crippen molar-refractivity contribution in [1.82, 2.24) is 0 Å². The molecule has 0 aromatic heterocycles. The van der Waals surface area contributed by atoms with Crippen molar-refractivity contribution in [2.45, 2.75) is 25.4 Å². The molecular weight excluding hydrogens is 254 g/mol. The minimum absolute atomic E-state index is 0.158. The summed E-state index contributed by atoms with van der Waals surface area (Å²) in [6, 6.07) is 4.67. The number of benzene rings is 1. The molecule has 2 rings (SSSR count). The topological polar surface area (TPSA) is 58.6 Å². The molecule has 0 spiro atoms. The van der Waals surface area contributed by atoms with Gasteiger partial charge in [0.2, 0.25) is 0 Å². The van der Waals surface area contributed by atoms with Gasteiger partial charge in [0.1, 0.15) is 0 Å². The maximum Gasteiger partial charge on any atom is 0.335 e. The Bertz CT molecular complexity index is 456. The Morgan fingerprint density at radius 3 is 2.94 bits per heavy atom. The van der Waals surface area contributed by atoms with Gasteiger partial charge in [-0.25, -0.2) is 4.79 Å². The first-order valence-electron chi connectivity index (χ1n) is 5.91. The predicted octanol–water partition coefficient (Wildman–Crippen LogP) is 3.02. The minimum Gasteiger partial charge on any atom is -0.478 e. The maximum absolute atomic E-state index is 10.8. The molecule has 18 heavy (non-hydrogen) atoms. The Morgan fingerprint density at radius 1 is 1.61 bits per heavy atom. The van der Waals surface area contributed by atoms with E-state index in [0.717, 1.165) is 25.1 Å². The molecule has 1 fully saturated rings. The van der Waals surface area contributed by atoms with Gasteiger partial charge in [-0.3, -0.25) is 0 Å². The molecule has 98 valence electrons. The number of nitrogens with one attached hydrogen (secondary N) is 1. The van der Waals surface area contributed by atoms with E-state index in [1.165, 1.54) is 12.1 Å². The lowest BCUT2D eigenvalue weighted by Crippen LogP contribution is -2.32. The molecule has 0 aliphatic carbocycles. The molecule has 0 bridgehead atoms. The van der Waals surface area contributed by atoms with Crippen LogP contribution in [0.3, 0.4) is 0 Å². The highest BCUT2D eigenvalue weighted by Crippen LogP contribution is 2.28. The number of carboxylic acids is 1. The largest absolute Gasteiger partial charge is 0.478 e. The molecule has 1 saturated heterocycles. The van der Waals surface area contributed by atoms with Crippen LogP contribution in [0.25, 0.3) is 0 Å². The molecule has 1 aromatic carbocycles. The van der Waals surface area contributed by atoms with Gasteiger partial charge < -0.3 is 15.2 Å². The highest BCUT2D eigenvalue weighted by molar-refractivity contribution is 6.33. The lowest BCUT2D eigenvalue weighted by molar-refractivity contribution is 0.0315. The Morgan fingerprint density at radius 2 is 2.39 bits per heavy atom. The summed E-state index contributed by atoms with van der Waals surface area (Å²) in [4.78, 5) is 10.8. The third-order valence-corrected chi connectivity index (χ3v) is 3.48. The van der Waals surface area contributed by atoms with Crippen LogP contribution in [0, 0.1) is 0 Å². The van der Waals surface area contributed by atoms with Crippen LogP contribution in [-0.4, -0.2) is 29.8 Å². The molecule has 1 heterocycles. The Hall–Kier alpha value is -1.26. The van der Waals surface area contributed by atoms with Gasteiger partial charge in [-0.05, 0) is 38.0 Å². The van der Waals surface area contributed by atoms with E-state index < -0.39 is 5.97 Å². The smallest absolute Gasteiger partial charge is 0.335 e. The van der Waals surface area contributed by atoms with E-state index >= 15 is 0 Å². The number of anilines is 1. The summed E-state index contributed by atoms with van der Waals surface area (Å²) in [5.41, 5.74) is 0.765. The second-order valence-electron chi connectivity index (χ2n) is 4.76. The molecule has 0 saturated carbocycles. The van der Waals surface area contributed by atoms with Crippen LogP contribution in [0.5, 0.6) is 0 Å². The highest BCUT2D eigenvalue weighted by Gasteiger charge is 2.29. The Balaban J connectivity index is 2.03. The summed E-state index contributed by atoms with van der Waals surface area (Å²) < 4.78 is 5.66. The summed E-state index contributed by atoms with van der Waals surface area (Å²) in [5, 5.41) is 12.5. The zero-order chi connectivity index (χ0) is 13.2. The minimum atomic E-state index is -0.977. The summed E-state index contributed by atoms with van der Waals surface area (Å²) in [7, 11) is 0. The quantitative estimate of drug-likeness (QED) is 0.882. The number of ether oxygens (including phenoxy) is 1. The number of carboxylic acid groups (broad SMARTS) is 1. The molecule has 1 unspecified atom stereocenters. The van der Waals surface area contributed by atoms with E-state index in [-0.39, 0.29) is 11.2 Å². The predicted molar refractivity (Wildman–Crippen MR) is 70.5 cm³/mol. The van der Waals surface area contributed by atoms with Crippen molar-refractivity contribution in [3.63, 3.8) is 0 Å². The molecule has 1 aromatic rings. The van der Waals surface area contributed by atoms with Crippen molar-refractivity contribution < 1.29 is 14.6 Å². The van der Waals surface area contributed by atoms with Gasteiger partial charge in [0, 0.05) is 13.2 Å². The monoisotopic (exact) mass is 269 g/mol. The lowest BCUT2D eigenvalue weighted by Gasteiger charge is -2.24. The van der Waals surface area contributed by atoms with E-state index in [1.807, 2.05) is 0 Å². The molecule has 0 amide bonds. The van der Waals surface area contributed by atoms with Gasteiger partial charge in [0.25, 0.3) is 0 Å². The molecular formula is C13H16ClNO3. The average molecular weight is 270 g/mol. The average Bonchev–Trinajstić information content (AvgIpc) is 2.75. The summed E-state index contributed by atoms with van der Waals surface area (Å²) >= 11 is 6.04. The fourth-order valence-electron chi connectivity index (χ4n) is 2.05.